The van der Waals surface area contributed by atoms with Gasteiger partial charge in [0.2, 0.25) is 0 Å². The number of benzene rings is 1. The number of hydrogen-bond donors (Lipinski definition) is 2. The Balaban J connectivity index is 2.32. The molecule has 18 heavy (non-hydrogen) atoms. The number of aromatic nitrogens is 2. The van der Waals surface area contributed by atoms with Crippen molar-refractivity contribution in [3.63, 3.8) is 0 Å². The molecule has 2 aromatic rings. The molecule has 0 radical (unpaired) electrons. The Morgan fingerprint density at radius 3 is 2.89 bits per heavy atom. The summed E-state index contributed by atoms with van der Waals surface area (Å²) in [6, 6.07) is 7.36. The van der Waals surface area contributed by atoms with Gasteiger partial charge in [-0.1, -0.05) is 19.1 Å². The molecule has 0 spiro atoms. The summed E-state index contributed by atoms with van der Waals surface area (Å²) in [7, 11) is 0. The number of nitrogens with one attached hydrogen (secondary N) is 1. The van der Waals surface area contributed by atoms with Gasteiger partial charge >= 0.3 is 0 Å². The normalized spacial score (nSPS) is 11.3. The number of nitrogens with two attached hydrogens (primary N) is 1. The highest BCUT2D eigenvalue weighted by Crippen LogP contribution is 2.06. The highest BCUT2D eigenvalue weighted by atomic mass is 16.1. The predicted molar refractivity (Wildman–Crippen MR) is 72.4 cm³/mol. The minimum absolute atomic E-state index is 0.0839. The molecule has 1 aromatic heterocycles. The van der Waals surface area contributed by atoms with Gasteiger partial charge in [-0.15, -0.1) is 0 Å². The molecule has 96 valence electrons. The lowest BCUT2D eigenvalue weighted by Gasteiger charge is -2.18. The average Bonchev–Trinajstić information content (AvgIpc) is 2.38. The van der Waals surface area contributed by atoms with Crippen LogP contribution in [-0.2, 0) is 6.54 Å². The molecule has 0 atom stereocenters. The molecule has 0 unspecified atom stereocenters. The van der Waals surface area contributed by atoms with E-state index in [0.29, 0.717) is 24.3 Å². The van der Waals surface area contributed by atoms with Crippen LogP contribution in [0.5, 0.6) is 0 Å². The molecule has 0 aliphatic heterocycles. The number of likely N-dealkylation sites (N-methyl/N-ethyl adjacent to an activating group) is 1. The molecule has 0 amide bonds. The summed E-state index contributed by atoms with van der Waals surface area (Å²) in [4.78, 5) is 21.3. The number of hydrogen-bond acceptors (Lipinski definition) is 4. The van der Waals surface area contributed by atoms with Crippen LogP contribution in [0.15, 0.2) is 29.1 Å². The molecule has 1 aromatic carbocycles. The summed E-state index contributed by atoms with van der Waals surface area (Å²) in [5.74, 6) is 0.689. The molecule has 2 rings (SSSR count). The average molecular weight is 246 g/mol. The molecular formula is C13H18N4O. The van der Waals surface area contributed by atoms with Crippen LogP contribution in [0.3, 0.4) is 0 Å². The fraction of sp³-hybridized carbons (Fsp3) is 0.385. The Morgan fingerprint density at radius 2 is 2.17 bits per heavy atom. The summed E-state index contributed by atoms with van der Waals surface area (Å²) in [6.45, 7) is 4.97. The number of nitrogens with zero attached hydrogens (tertiary/aromatic N) is 2. The van der Waals surface area contributed by atoms with E-state index in [4.69, 9.17) is 5.73 Å². The van der Waals surface area contributed by atoms with Crippen molar-refractivity contribution in [2.75, 3.05) is 19.6 Å². The van der Waals surface area contributed by atoms with Gasteiger partial charge in [0.05, 0.1) is 17.4 Å². The zero-order valence-electron chi connectivity index (χ0n) is 10.5. The van der Waals surface area contributed by atoms with Gasteiger partial charge < -0.3 is 10.7 Å². The van der Waals surface area contributed by atoms with E-state index in [0.717, 1.165) is 18.6 Å². The Bertz CT molecular complexity index is 578. The molecule has 0 aliphatic carbocycles. The van der Waals surface area contributed by atoms with Gasteiger partial charge in [0, 0.05) is 13.1 Å². The molecule has 0 saturated carbocycles. The standard InChI is InChI=1S/C13H18N4O/c1-2-17(8-7-14)9-12-15-11-6-4-3-5-10(11)13(18)16-12/h3-6H,2,7-9,14H2,1H3,(H,15,16,18). The number of H-pyrrole nitrogens is 1. The fourth-order valence-corrected chi connectivity index (χ4v) is 1.95. The number of aromatic amines is 1. The van der Waals surface area contributed by atoms with Gasteiger partial charge in [-0.25, -0.2) is 4.98 Å². The van der Waals surface area contributed by atoms with Gasteiger partial charge in [-0.3, -0.25) is 9.69 Å². The van der Waals surface area contributed by atoms with Crippen LogP contribution < -0.4 is 11.3 Å². The zero-order valence-corrected chi connectivity index (χ0v) is 10.5. The summed E-state index contributed by atoms with van der Waals surface area (Å²) < 4.78 is 0. The molecule has 5 heteroatoms. The van der Waals surface area contributed by atoms with Crippen LogP contribution in [0.4, 0.5) is 0 Å². The lowest BCUT2D eigenvalue weighted by Crippen LogP contribution is -2.30. The number of fused-ring (bicyclic) bond motifs is 1. The van der Waals surface area contributed by atoms with Crippen molar-refractivity contribution in [3.05, 3.63) is 40.4 Å². The third-order valence-electron chi connectivity index (χ3n) is 2.93. The maximum atomic E-state index is 11.9. The van der Waals surface area contributed by atoms with Crippen molar-refractivity contribution < 1.29 is 0 Å². The van der Waals surface area contributed by atoms with Gasteiger partial charge in [-0.05, 0) is 18.7 Å². The quantitative estimate of drug-likeness (QED) is 0.814. The van der Waals surface area contributed by atoms with E-state index in [-0.39, 0.29) is 5.56 Å². The van der Waals surface area contributed by atoms with Crippen molar-refractivity contribution in [2.45, 2.75) is 13.5 Å². The minimum Gasteiger partial charge on any atom is -0.329 e. The Kier molecular flexibility index (Phi) is 4.07. The smallest absolute Gasteiger partial charge is 0.258 e. The fourth-order valence-electron chi connectivity index (χ4n) is 1.95. The monoisotopic (exact) mass is 246 g/mol. The Hall–Kier alpha value is -1.72. The van der Waals surface area contributed by atoms with Crippen LogP contribution in [0.25, 0.3) is 10.9 Å². The first-order chi connectivity index (χ1) is 8.74. The second kappa shape index (κ2) is 5.75. The topological polar surface area (TPSA) is 75.0 Å². The van der Waals surface area contributed by atoms with E-state index in [1.165, 1.54) is 0 Å². The van der Waals surface area contributed by atoms with Gasteiger partial charge in [0.25, 0.3) is 5.56 Å². The second-order valence-electron chi connectivity index (χ2n) is 4.19. The maximum Gasteiger partial charge on any atom is 0.258 e. The van der Waals surface area contributed by atoms with Crippen LogP contribution in [0.2, 0.25) is 0 Å². The van der Waals surface area contributed by atoms with Gasteiger partial charge in [0.15, 0.2) is 0 Å². The first-order valence-electron chi connectivity index (χ1n) is 6.15. The molecule has 0 bridgehead atoms. The summed E-state index contributed by atoms with van der Waals surface area (Å²) in [6.07, 6.45) is 0. The first-order valence-corrected chi connectivity index (χ1v) is 6.15. The first kappa shape index (κ1) is 12.7. The maximum absolute atomic E-state index is 11.9. The molecule has 1 heterocycles. The summed E-state index contributed by atoms with van der Waals surface area (Å²) in [5, 5.41) is 0.628. The minimum atomic E-state index is -0.0839. The third-order valence-corrected chi connectivity index (χ3v) is 2.93. The highest BCUT2D eigenvalue weighted by Gasteiger charge is 2.07. The lowest BCUT2D eigenvalue weighted by atomic mass is 10.2. The van der Waals surface area contributed by atoms with Crippen molar-refractivity contribution in [1.29, 1.82) is 0 Å². The van der Waals surface area contributed by atoms with E-state index in [1.807, 2.05) is 18.2 Å². The predicted octanol–water partition coefficient (Wildman–Crippen LogP) is 0.704. The number of para-hydroxylation sites is 1. The molecular weight excluding hydrogens is 228 g/mol. The molecule has 0 aliphatic rings. The molecule has 0 saturated heterocycles. The van der Waals surface area contributed by atoms with E-state index in [2.05, 4.69) is 21.8 Å². The number of rotatable bonds is 5. The van der Waals surface area contributed by atoms with E-state index in [9.17, 15) is 4.79 Å². The van der Waals surface area contributed by atoms with Crippen molar-refractivity contribution in [1.82, 2.24) is 14.9 Å². The Morgan fingerprint density at radius 1 is 1.39 bits per heavy atom. The summed E-state index contributed by atoms with van der Waals surface area (Å²) >= 11 is 0. The van der Waals surface area contributed by atoms with E-state index < -0.39 is 0 Å². The Labute approximate surface area is 106 Å². The van der Waals surface area contributed by atoms with E-state index >= 15 is 0 Å². The highest BCUT2D eigenvalue weighted by molar-refractivity contribution is 5.77. The summed E-state index contributed by atoms with van der Waals surface area (Å²) in [5.41, 5.74) is 6.20. The molecule has 5 nitrogen and oxygen atoms in total. The largest absolute Gasteiger partial charge is 0.329 e. The van der Waals surface area contributed by atoms with E-state index in [1.54, 1.807) is 6.07 Å². The van der Waals surface area contributed by atoms with Gasteiger partial charge in [-0.2, -0.15) is 0 Å². The van der Waals surface area contributed by atoms with Crippen molar-refractivity contribution >= 4 is 10.9 Å². The van der Waals surface area contributed by atoms with Crippen molar-refractivity contribution in [2.24, 2.45) is 5.73 Å². The van der Waals surface area contributed by atoms with Gasteiger partial charge in [0.1, 0.15) is 5.82 Å². The third kappa shape index (κ3) is 2.75. The molecule has 3 N–H and O–H groups in total. The van der Waals surface area contributed by atoms with Crippen LogP contribution >= 0.6 is 0 Å². The van der Waals surface area contributed by atoms with Crippen molar-refractivity contribution in [3.8, 4) is 0 Å². The van der Waals surface area contributed by atoms with Crippen LogP contribution in [-0.4, -0.2) is 34.5 Å². The lowest BCUT2D eigenvalue weighted by molar-refractivity contribution is 0.281. The zero-order chi connectivity index (χ0) is 13.0. The second-order valence-corrected chi connectivity index (χ2v) is 4.19. The van der Waals surface area contributed by atoms with Crippen LogP contribution in [0.1, 0.15) is 12.7 Å². The molecule has 0 fully saturated rings. The van der Waals surface area contributed by atoms with Crippen LogP contribution in [0, 0.1) is 0 Å². The SMILES string of the molecule is CCN(CCN)Cc1nc2ccccc2c(=O)[nH]1.